The zero-order valence-electron chi connectivity index (χ0n) is 12.4. The second-order valence-corrected chi connectivity index (χ2v) is 5.33. The largest absolute Gasteiger partial charge is 0.376 e. The Morgan fingerprint density at radius 1 is 1.09 bits per heavy atom. The lowest BCUT2D eigenvalue weighted by molar-refractivity contribution is -0.137. The molecule has 2 aromatic rings. The average Bonchev–Trinajstić information content (AvgIpc) is 2.61. The topological polar surface area (TPSA) is 41.6 Å². The molecule has 1 atom stereocenters. The van der Waals surface area contributed by atoms with Gasteiger partial charge in [0.05, 0.1) is 19.7 Å². The van der Waals surface area contributed by atoms with E-state index in [2.05, 4.69) is 5.32 Å². The van der Waals surface area contributed by atoms with Crippen LogP contribution in [-0.2, 0) is 9.53 Å². The molecule has 0 radical (unpaired) electrons. The first-order chi connectivity index (χ1) is 10.8. The van der Waals surface area contributed by atoms with Gasteiger partial charge in [-0.1, -0.05) is 48.5 Å². The summed E-state index contributed by atoms with van der Waals surface area (Å²) >= 11 is 0. The fraction of sp³-hybridized carbons (Fsp3) is 0.278. The van der Waals surface area contributed by atoms with Gasteiger partial charge in [-0.3, -0.25) is 4.79 Å². The molecule has 0 saturated carbocycles. The van der Waals surface area contributed by atoms with Gasteiger partial charge >= 0.3 is 0 Å². The summed E-state index contributed by atoms with van der Waals surface area (Å²) < 4.78 is 5.79. The van der Waals surface area contributed by atoms with Gasteiger partial charge in [0, 0.05) is 12.2 Å². The maximum atomic E-state index is 12.4. The number of hydrogen-bond acceptors (Lipinski definition) is 3. The first-order valence-electron chi connectivity index (χ1n) is 7.56. The molecule has 4 nitrogen and oxygen atoms in total. The van der Waals surface area contributed by atoms with Crippen molar-refractivity contribution in [3.63, 3.8) is 0 Å². The van der Waals surface area contributed by atoms with Crippen molar-refractivity contribution in [2.75, 3.05) is 31.6 Å². The van der Waals surface area contributed by atoms with Crippen LogP contribution < -0.4 is 5.32 Å². The molecule has 1 amide bonds. The normalized spacial score (nSPS) is 18.0. The van der Waals surface area contributed by atoms with E-state index in [9.17, 15) is 4.79 Å². The molecule has 1 aliphatic rings. The number of nitrogens with one attached hydrogen (secondary N) is 1. The maximum absolute atomic E-state index is 12.4. The van der Waals surface area contributed by atoms with E-state index in [1.807, 2.05) is 65.6 Å². The van der Waals surface area contributed by atoms with Gasteiger partial charge in [-0.25, -0.2) is 0 Å². The molecule has 1 saturated heterocycles. The number of rotatable bonds is 4. The summed E-state index contributed by atoms with van der Waals surface area (Å²) in [4.78, 5) is 14.2. The molecule has 0 aromatic heterocycles. The first kappa shape index (κ1) is 14.6. The van der Waals surface area contributed by atoms with Crippen LogP contribution in [0.15, 0.2) is 60.7 Å². The molecule has 1 unspecified atom stereocenters. The number of anilines is 1. The van der Waals surface area contributed by atoms with Crippen molar-refractivity contribution in [1.82, 2.24) is 4.90 Å². The Morgan fingerprint density at radius 2 is 1.77 bits per heavy atom. The summed E-state index contributed by atoms with van der Waals surface area (Å²) in [6.07, 6.45) is -0.0318. The van der Waals surface area contributed by atoms with E-state index in [1.54, 1.807) is 0 Å². The van der Waals surface area contributed by atoms with E-state index in [0.29, 0.717) is 26.2 Å². The first-order valence-corrected chi connectivity index (χ1v) is 7.56. The van der Waals surface area contributed by atoms with Crippen molar-refractivity contribution in [2.24, 2.45) is 0 Å². The van der Waals surface area contributed by atoms with Gasteiger partial charge in [-0.05, 0) is 17.7 Å². The molecule has 1 aliphatic heterocycles. The highest BCUT2D eigenvalue weighted by Gasteiger charge is 2.24. The van der Waals surface area contributed by atoms with E-state index in [1.165, 1.54) is 0 Å². The number of carbonyl (C=O) groups excluding carboxylic acids is 1. The van der Waals surface area contributed by atoms with Crippen molar-refractivity contribution in [2.45, 2.75) is 6.10 Å². The third kappa shape index (κ3) is 3.65. The molecule has 0 aliphatic carbocycles. The highest BCUT2D eigenvalue weighted by molar-refractivity contribution is 5.81. The number of morpholine rings is 1. The van der Waals surface area contributed by atoms with Crippen molar-refractivity contribution >= 4 is 11.6 Å². The van der Waals surface area contributed by atoms with Crippen molar-refractivity contribution in [3.8, 4) is 0 Å². The second-order valence-electron chi connectivity index (χ2n) is 5.33. The minimum absolute atomic E-state index is 0.0318. The molecule has 0 spiro atoms. The second kappa shape index (κ2) is 7.09. The number of nitrogens with zero attached hydrogens (tertiary/aromatic N) is 1. The average molecular weight is 296 g/mol. The maximum Gasteiger partial charge on any atom is 0.242 e. The van der Waals surface area contributed by atoms with Gasteiger partial charge in [0.2, 0.25) is 5.91 Å². The van der Waals surface area contributed by atoms with Crippen molar-refractivity contribution in [3.05, 3.63) is 66.2 Å². The van der Waals surface area contributed by atoms with Crippen LogP contribution in [0.1, 0.15) is 11.7 Å². The van der Waals surface area contributed by atoms with Crippen LogP contribution in [-0.4, -0.2) is 37.0 Å². The molecular weight excluding hydrogens is 276 g/mol. The molecule has 0 bridgehead atoms. The molecule has 4 heteroatoms. The third-order valence-corrected chi connectivity index (χ3v) is 3.81. The lowest BCUT2D eigenvalue weighted by Crippen LogP contribution is -2.44. The lowest BCUT2D eigenvalue weighted by Gasteiger charge is -2.33. The zero-order chi connectivity index (χ0) is 15.2. The van der Waals surface area contributed by atoms with Crippen molar-refractivity contribution in [1.29, 1.82) is 0 Å². The number of carbonyl (C=O) groups is 1. The summed E-state index contributed by atoms with van der Waals surface area (Å²) in [7, 11) is 0. The van der Waals surface area contributed by atoms with Gasteiger partial charge in [-0.15, -0.1) is 0 Å². The van der Waals surface area contributed by atoms with Crippen LogP contribution in [0.3, 0.4) is 0 Å². The summed E-state index contributed by atoms with van der Waals surface area (Å²) in [6.45, 7) is 2.15. The summed E-state index contributed by atoms with van der Waals surface area (Å²) in [5.74, 6) is 0.105. The molecule has 2 aromatic carbocycles. The van der Waals surface area contributed by atoms with Crippen LogP contribution in [0.2, 0.25) is 0 Å². The zero-order valence-corrected chi connectivity index (χ0v) is 12.4. The molecule has 3 rings (SSSR count). The Labute approximate surface area is 130 Å². The van der Waals surface area contributed by atoms with Gasteiger partial charge in [0.25, 0.3) is 0 Å². The molecular formula is C18H20N2O2. The Morgan fingerprint density at radius 3 is 2.50 bits per heavy atom. The number of hydrogen-bond donors (Lipinski definition) is 1. The fourth-order valence-electron chi connectivity index (χ4n) is 2.59. The fourth-order valence-corrected chi connectivity index (χ4v) is 2.59. The third-order valence-electron chi connectivity index (χ3n) is 3.81. The van der Waals surface area contributed by atoms with E-state index in [-0.39, 0.29) is 12.0 Å². The van der Waals surface area contributed by atoms with E-state index >= 15 is 0 Å². The van der Waals surface area contributed by atoms with Crippen LogP contribution in [0.4, 0.5) is 5.69 Å². The van der Waals surface area contributed by atoms with E-state index < -0.39 is 0 Å². The SMILES string of the molecule is O=C(CNc1ccccc1)N1CCOC(c2ccccc2)C1. The molecule has 22 heavy (non-hydrogen) atoms. The number of para-hydroxylation sites is 1. The predicted molar refractivity (Wildman–Crippen MR) is 86.6 cm³/mol. The lowest BCUT2D eigenvalue weighted by atomic mass is 10.1. The van der Waals surface area contributed by atoms with Gasteiger partial charge < -0.3 is 15.0 Å². The van der Waals surface area contributed by atoms with Gasteiger partial charge in [-0.2, -0.15) is 0 Å². The monoisotopic (exact) mass is 296 g/mol. The summed E-state index contributed by atoms with van der Waals surface area (Å²) in [6, 6.07) is 19.8. The Hall–Kier alpha value is -2.33. The number of ether oxygens (including phenoxy) is 1. The molecule has 1 heterocycles. The van der Waals surface area contributed by atoms with Crippen LogP contribution in [0, 0.1) is 0 Å². The highest BCUT2D eigenvalue weighted by Crippen LogP contribution is 2.21. The van der Waals surface area contributed by atoms with Crippen LogP contribution in [0.5, 0.6) is 0 Å². The smallest absolute Gasteiger partial charge is 0.242 e. The molecule has 1 fully saturated rings. The van der Waals surface area contributed by atoms with E-state index in [4.69, 9.17) is 4.74 Å². The van der Waals surface area contributed by atoms with Crippen LogP contribution >= 0.6 is 0 Å². The highest BCUT2D eigenvalue weighted by atomic mass is 16.5. The molecule has 114 valence electrons. The van der Waals surface area contributed by atoms with Crippen LogP contribution in [0.25, 0.3) is 0 Å². The number of amides is 1. The Kier molecular flexibility index (Phi) is 4.71. The Balaban J connectivity index is 1.56. The quantitative estimate of drug-likeness (QED) is 0.943. The van der Waals surface area contributed by atoms with E-state index in [0.717, 1.165) is 11.3 Å². The molecule has 1 N–H and O–H groups in total. The standard InChI is InChI=1S/C18H20N2O2/c21-18(13-19-16-9-5-2-6-10-16)20-11-12-22-17(14-20)15-7-3-1-4-8-15/h1-10,17,19H,11-14H2. The summed E-state index contributed by atoms with van der Waals surface area (Å²) in [5, 5.41) is 3.16. The summed E-state index contributed by atoms with van der Waals surface area (Å²) in [5.41, 5.74) is 2.08. The number of benzene rings is 2. The minimum atomic E-state index is -0.0318. The van der Waals surface area contributed by atoms with Gasteiger partial charge in [0.1, 0.15) is 6.10 Å². The predicted octanol–water partition coefficient (Wildman–Crippen LogP) is 2.70. The minimum Gasteiger partial charge on any atom is -0.376 e. The van der Waals surface area contributed by atoms with Crippen molar-refractivity contribution < 1.29 is 9.53 Å². The van der Waals surface area contributed by atoms with Gasteiger partial charge in [0.15, 0.2) is 0 Å². The Bertz CT molecular complexity index is 601.